The number of carbonyl (C=O) groups excluding carboxylic acids is 1. The normalized spacial score (nSPS) is 15.6. The second kappa shape index (κ2) is 5.88. The molecule has 1 aliphatic rings. The van der Waals surface area contributed by atoms with Gasteiger partial charge < -0.3 is 15.0 Å². The van der Waals surface area contributed by atoms with Crippen LogP contribution in [0.4, 0.5) is 8.78 Å². The number of aromatic nitrogens is 1. The summed E-state index contributed by atoms with van der Waals surface area (Å²) in [5.74, 6) is -2.03. The average molecular weight is 306 g/mol. The first kappa shape index (κ1) is 14.7. The number of hydrogen-bond donors (Lipinski definition) is 2. The fourth-order valence-corrected chi connectivity index (χ4v) is 2.47. The third-order valence-electron chi connectivity index (χ3n) is 3.74. The summed E-state index contributed by atoms with van der Waals surface area (Å²) in [5.41, 5.74) is 0.0593. The standard InChI is InChI=1S/C16H16F2N2O2/c17-11-3-1-4-12(18)15(11)14(21)9-19-16(22)13-5-2-8-20(13)10-6-7-10/h1-5,8,10,14,21H,6-7,9H2,(H,19,22). The molecule has 0 bridgehead atoms. The number of halogens is 2. The highest BCUT2D eigenvalue weighted by molar-refractivity contribution is 5.92. The van der Waals surface area contributed by atoms with Gasteiger partial charge in [0, 0.05) is 18.8 Å². The van der Waals surface area contributed by atoms with Gasteiger partial charge >= 0.3 is 0 Å². The summed E-state index contributed by atoms with van der Waals surface area (Å²) in [6.07, 6.45) is 2.48. The van der Waals surface area contributed by atoms with Crippen molar-refractivity contribution in [3.8, 4) is 0 Å². The van der Waals surface area contributed by atoms with Crippen LogP contribution in [0.5, 0.6) is 0 Å². The van der Waals surface area contributed by atoms with Gasteiger partial charge in [-0.3, -0.25) is 4.79 Å². The summed E-state index contributed by atoms with van der Waals surface area (Å²) in [4.78, 5) is 12.1. The quantitative estimate of drug-likeness (QED) is 0.892. The number of nitrogens with zero attached hydrogens (tertiary/aromatic N) is 1. The lowest BCUT2D eigenvalue weighted by molar-refractivity contribution is 0.0902. The predicted molar refractivity (Wildman–Crippen MR) is 76.4 cm³/mol. The third-order valence-corrected chi connectivity index (χ3v) is 3.74. The summed E-state index contributed by atoms with van der Waals surface area (Å²) in [5, 5.41) is 12.4. The molecule has 3 rings (SSSR count). The highest BCUT2D eigenvalue weighted by Crippen LogP contribution is 2.36. The van der Waals surface area contributed by atoms with Crippen molar-refractivity contribution in [1.82, 2.24) is 9.88 Å². The van der Waals surface area contributed by atoms with E-state index in [4.69, 9.17) is 0 Å². The molecule has 2 aromatic rings. The van der Waals surface area contributed by atoms with E-state index in [9.17, 15) is 18.7 Å². The molecule has 1 aromatic heterocycles. The molecule has 1 unspecified atom stereocenters. The van der Waals surface area contributed by atoms with Crippen LogP contribution < -0.4 is 5.32 Å². The van der Waals surface area contributed by atoms with Crippen molar-refractivity contribution < 1.29 is 18.7 Å². The molecule has 2 N–H and O–H groups in total. The van der Waals surface area contributed by atoms with Crippen LogP contribution in [-0.4, -0.2) is 22.1 Å². The van der Waals surface area contributed by atoms with Gasteiger partial charge in [0.1, 0.15) is 23.4 Å². The smallest absolute Gasteiger partial charge is 0.268 e. The highest BCUT2D eigenvalue weighted by atomic mass is 19.1. The van der Waals surface area contributed by atoms with E-state index in [1.807, 2.05) is 10.8 Å². The molecule has 1 amide bonds. The van der Waals surface area contributed by atoms with Crippen molar-refractivity contribution >= 4 is 5.91 Å². The SMILES string of the molecule is O=C(NCC(O)c1c(F)cccc1F)c1cccn1C1CC1. The summed E-state index contributed by atoms with van der Waals surface area (Å²) in [6.45, 7) is -0.257. The average Bonchev–Trinajstić information content (AvgIpc) is 3.21. The van der Waals surface area contributed by atoms with E-state index in [2.05, 4.69) is 5.32 Å². The minimum Gasteiger partial charge on any atom is -0.386 e. The monoisotopic (exact) mass is 306 g/mol. The molecule has 1 aliphatic carbocycles. The first-order chi connectivity index (χ1) is 10.6. The van der Waals surface area contributed by atoms with Gasteiger partial charge in [0.05, 0.1) is 5.56 Å². The molecule has 1 atom stereocenters. The Bertz CT molecular complexity index is 675. The van der Waals surface area contributed by atoms with Gasteiger partial charge in [-0.15, -0.1) is 0 Å². The predicted octanol–water partition coefficient (Wildman–Crippen LogP) is 2.56. The first-order valence-corrected chi connectivity index (χ1v) is 7.15. The first-order valence-electron chi connectivity index (χ1n) is 7.15. The van der Waals surface area contributed by atoms with Crippen molar-refractivity contribution in [1.29, 1.82) is 0 Å². The molecule has 1 saturated carbocycles. The number of carbonyl (C=O) groups is 1. The van der Waals surface area contributed by atoms with Gasteiger partial charge in [0.2, 0.25) is 0 Å². The summed E-state index contributed by atoms with van der Waals surface area (Å²) < 4.78 is 29.0. The van der Waals surface area contributed by atoms with Gasteiger partial charge in [-0.2, -0.15) is 0 Å². The molecular formula is C16H16F2N2O2. The van der Waals surface area contributed by atoms with E-state index in [1.165, 1.54) is 6.07 Å². The second-order valence-electron chi connectivity index (χ2n) is 5.39. The maximum Gasteiger partial charge on any atom is 0.268 e. The van der Waals surface area contributed by atoms with E-state index >= 15 is 0 Å². The van der Waals surface area contributed by atoms with Crippen molar-refractivity contribution in [2.45, 2.75) is 25.0 Å². The summed E-state index contributed by atoms with van der Waals surface area (Å²) >= 11 is 0. The van der Waals surface area contributed by atoms with E-state index in [-0.39, 0.29) is 12.5 Å². The summed E-state index contributed by atoms with van der Waals surface area (Å²) in [7, 11) is 0. The Balaban J connectivity index is 1.67. The summed E-state index contributed by atoms with van der Waals surface area (Å²) in [6, 6.07) is 7.18. The Morgan fingerprint density at radius 3 is 2.59 bits per heavy atom. The third kappa shape index (κ3) is 2.87. The van der Waals surface area contributed by atoms with Crippen molar-refractivity contribution in [3.63, 3.8) is 0 Å². The Hall–Kier alpha value is -2.21. The van der Waals surface area contributed by atoms with Crippen LogP contribution >= 0.6 is 0 Å². The van der Waals surface area contributed by atoms with Crippen LogP contribution in [0.25, 0.3) is 0 Å². The van der Waals surface area contributed by atoms with Crippen LogP contribution in [-0.2, 0) is 0 Å². The van der Waals surface area contributed by atoms with Gasteiger partial charge in [-0.1, -0.05) is 6.07 Å². The zero-order valence-corrected chi connectivity index (χ0v) is 11.8. The van der Waals surface area contributed by atoms with Gasteiger partial charge in [-0.25, -0.2) is 8.78 Å². The molecule has 6 heteroatoms. The Labute approximate surface area is 126 Å². The lowest BCUT2D eigenvalue weighted by atomic mass is 10.1. The van der Waals surface area contributed by atoms with E-state index in [0.717, 1.165) is 25.0 Å². The number of rotatable bonds is 5. The largest absolute Gasteiger partial charge is 0.386 e. The zero-order valence-electron chi connectivity index (χ0n) is 11.8. The minimum absolute atomic E-state index is 0.257. The van der Waals surface area contributed by atoms with Gasteiger partial charge in [0.15, 0.2) is 0 Å². The van der Waals surface area contributed by atoms with Crippen LogP contribution in [0.3, 0.4) is 0 Å². The molecule has 116 valence electrons. The lowest BCUT2D eigenvalue weighted by Crippen LogP contribution is -2.30. The van der Waals surface area contributed by atoms with Crippen LogP contribution in [0, 0.1) is 11.6 Å². The number of nitrogens with one attached hydrogen (secondary N) is 1. The maximum atomic E-state index is 13.6. The molecule has 1 heterocycles. The number of hydrogen-bond acceptors (Lipinski definition) is 2. The highest BCUT2D eigenvalue weighted by Gasteiger charge is 2.27. The molecule has 0 spiro atoms. The van der Waals surface area contributed by atoms with Crippen LogP contribution in [0.15, 0.2) is 36.5 Å². The van der Waals surface area contributed by atoms with Crippen LogP contribution in [0.2, 0.25) is 0 Å². The zero-order chi connectivity index (χ0) is 15.7. The Morgan fingerprint density at radius 2 is 1.95 bits per heavy atom. The maximum absolute atomic E-state index is 13.6. The van der Waals surface area contributed by atoms with E-state index in [1.54, 1.807) is 12.1 Å². The van der Waals surface area contributed by atoms with Crippen molar-refractivity contribution in [3.05, 3.63) is 59.4 Å². The molecule has 0 aliphatic heterocycles. The van der Waals surface area contributed by atoms with E-state index < -0.39 is 23.3 Å². The Kier molecular flexibility index (Phi) is 3.94. The number of aliphatic hydroxyl groups excluding tert-OH is 1. The molecule has 0 radical (unpaired) electrons. The molecule has 1 fully saturated rings. The molecule has 22 heavy (non-hydrogen) atoms. The molecular weight excluding hydrogens is 290 g/mol. The van der Waals surface area contributed by atoms with Gasteiger partial charge in [-0.05, 0) is 37.1 Å². The van der Waals surface area contributed by atoms with Crippen LogP contribution in [0.1, 0.15) is 41.0 Å². The minimum atomic E-state index is -1.44. The molecule has 1 aromatic carbocycles. The molecule has 0 saturated heterocycles. The van der Waals surface area contributed by atoms with Crippen molar-refractivity contribution in [2.75, 3.05) is 6.54 Å². The number of benzene rings is 1. The number of aliphatic hydroxyl groups is 1. The number of amides is 1. The van der Waals surface area contributed by atoms with Crippen molar-refractivity contribution in [2.24, 2.45) is 0 Å². The Morgan fingerprint density at radius 1 is 1.27 bits per heavy atom. The topological polar surface area (TPSA) is 54.3 Å². The lowest BCUT2D eigenvalue weighted by Gasteiger charge is -2.14. The fourth-order valence-electron chi connectivity index (χ4n) is 2.47. The van der Waals surface area contributed by atoms with Gasteiger partial charge in [0.25, 0.3) is 5.91 Å². The fraction of sp³-hybridized carbons (Fsp3) is 0.312. The van der Waals surface area contributed by atoms with E-state index in [0.29, 0.717) is 11.7 Å². The molecule has 4 nitrogen and oxygen atoms in total. The second-order valence-corrected chi connectivity index (χ2v) is 5.39.